The molecule has 1 aromatic rings. The highest BCUT2D eigenvalue weighted by molar-refractivity contribution is 5.88. The van der Waals surface area contributed by atoms with Gasteiger partial charge in [0.25, 0.3) is 0 Å². The highest BCUT2D eigenvalue weighted by atomic mass is 16.5. The highest BCUT2D eigenvalue weighted by Gasteiger charge is 2.40. The van der Waals surface area contributed by atoms with Crippen molar-refractivity contribution in [1.82, 2.24) is 10.2 Å². The number of hydrogen-bond donors (Lipinski definition) is 1. The van der Waals surface area contributed by atoms with E-state index < -0.39 is 6.04 Å². The molecule has 2 amide bonds. The van der Waals surface area contributed by atoms with Gasteiger partial charge in [0.15, 0.2) is 0 Å². The van der Waals surface area contributed by atoms with Crippen LogP contribution in [0, 0.1) is 0 Å². The molecule has 3 rings (SSSR count). The van der Waals surface area contributed by atoms with Gasteiger partial charge in [-0.2, -0.15) is 0 Å². The van der Waals surface area contributed by atoms with Gasteiger partial charge >= 0.3 is 0 Å². The number of ether oxygens (including phenoxy) is 2. The van der Waals surface area contributed by atoms with E-state index >= 15 is 0 Å². The number of methoxy groups -OCH3 is 1. The predicted molar refractivity (Wildman–Crippen MR) is 97.7 cm³/mol. The van der Waals surface area contributed by atoms with Gasteiger partial charge in [-0.3, -0.25) is 9.59 Å². The number of carbonyl (C=O) groups excluding carboxylic acids is 2. The Labute approximate surface area is 154 Å². The smallest absolute Gasteiger partial charge is 0.245 e. The summed E-state index contributed by atoms with van der Waals surface area (Å²) in [5.74, 6) is -0.153. The van der Waals surface area contributed by atoms with Crippen molar-refractivity contribution in [3.63, 3.8) is 0 Å². The van der Waals surface area contributed by atoms with Gasteiger partial charge in [-0.05, 0) is 24.8 Å². The lowest BCUT2D eigenvalue weighted by Crippen LogP contribution is -2.54. The number of nitrogens with one attached hydrogen (secondary N) is 1. The molecule has 0 radical (unpaired) electrons. The third kappa shape index (κ3) is 4.62. The summed E-state index contributed by atoms with van der Waals surface area (Å²) in [7, 11) is 1.66. The second-order valence-electron chi connectivity index (χ2n) is 7.16. The molecule has 1 aliphatic carbocycles. The predicted octanol–water partition coefficient (Wildman–Crippen LogP) is 1.53. The minimum absolute atomic E-state index is 0.0365. The van der Waals surface area contributed by atoms with Gasteiger partial charge in [-0.25, -0.2) is 0 Å². The van der Waals surface area contributed by atoms with Crippen LogP contribution in [0.3, 0.4) is 0 Å². The van der Waals surface area contributed by atoms with Gasteiger partial charge < -0.3 is 19.7 Å². The standard InChI is InChI=1S/C20H28N2O4/c1-25-20(8-5-9-20)15-18(23)21-17(14-16-6-3-2-4-7-16)19(24)22-10-12-26-13-11-22/h2-4,6-7,17H,5,8-15H2,1H3,(H,21,23). The molecule has 0 spiro atoms. The number of morpholine rings is 1. The van der Waals surface area contributed by atoms with Crippen LogP contribution in [0.15, 0.2) is 30.3 Å². The lowest BCUT2D eigenvalue weighted by Gasteiger charge is -2.40. The molecule has 142 valence electrons. The molecule has 0 aromatic heterocycles. The van der Waals surface area contributed by atoms with Crippen LogP contribution in [0.5, 0.6) is 0 Å². The Kier molecular flexibility index (Phi) is 6.27. The molecule has 1 aromatic carbocycles. The minimum atomic E-state index is -0.558. The lowest BCUT2D eigenvalue weighted by molar-refractivity contribution is -0.143. The first kappa shape index (κ1) is 18.9. The van der Waals surface area contributed by atoms with Gasteiger partial charge in [0.05, 0.1) is 25.2 Å². The van der Waals surface area contributed by atoms with Gasteiger partial charge in [0, 0.05) is 26.6 Å². The minimum Gasteiger partial charge on any atom is -0.378 e. The summed E-state index contributed by atoms with van der Waals surface area (Å²) >= 11 is 0. The topological polar surface area (TPSA) is 67.9 Å². The first-order valence-electron chi connectivity index (χ1n) is 9.37. The molecule has 1 saturated heterocycles. The van der Waals surface area contributed by atoms with Crippen molar-refractivity contribution in [2.75, 3.05) is 33.4 Å². The maximum atomic E-state index is 13.0. The zero-order valence-corrected chi connectivity index (χ0v) is 15.4. The van der Waals surface area contributed by atoms with E-state index in [9.17, 15) is 9.59 Å². The van der Waals surface area contributed by atoms with Crippen molar-refractivity contribution in [3.05, 3.63) is 35.9 Å². The van der Waals surface area contributed by atoms with Crippen molar-refractivity contribution < 1.29 is 19.1 Å². The summed E-state index contributed by atoms with van der Waals surface area (Å²) in [4.78, 5) is 27.4. The zero-order chi connectivity index (χ0) is 18.4. The van der Waals surface area contributed by atoms with E-state index in [0.29, 0.717) is 39.1 Å². The van der Waals surface area contributed by atoms with E-state index in [4.69, 9.17) is 9.47 Å². The van der Waals surface area contributed by atoms with Crippen molar-refractivity contribution in [2.45, 2.75) is 43.7 Å². The maximum Gasteiger partial charge on any atom is 0.245 e. The van der Waals surface area contributed by atoms with E-state index in [-0.39, 0.29) is 17.4 Å². The molecule has 1 heterocycles. The fourth-order valence-corrected chi connectivity index (χ4v) is 3.62. The van der Waals surface area contributed by atoms with Gasteiger partial charge in [-0.1, -0.05) is 30.3 Å². The van der Waals surface area contributed by atoms with Crippen LogP contribution in [0.4, 0.5) is 0 Å². The molecule has 6 heteroatoms. The van der Waals surface area contributed by atoms with E-state index in [1.807, 2.05) is 30.3 Å². The van der Waals surface area contributed by atoms with Gasteiger partial charge in [0.1, 0.15) is 6.04 Å². The van der Waals surface area contributed by atoms with Gasteiger partial charge in [0.2, 0.25) is 11.8 Å². The third-order valence-corrected chi connectivity index (χ3v) is 5.42. The Hall–Kier alpha value is -1.92. The number of rotatable bonds is 7. The fourth-order valence-electron chi connectivity index (χ4n) is 3.62. The fraction of sp³-hybridized carbons (Fsp3) is 0.600. The number of benzene rings is 1. The molecule has 6 nitrogen and oxygen atoms in total. The summed E-state index contributed by atoms with van der Waals surface area (Å²) in [6.07, 6.45) is 3.69. The number of carbonyl (C=O) groups is 2. The molecular weight excluding hydrogens is 332 g/mol. The highest BCUT2D eigenvalue weighted by Crippen LogP contribution is 2.37. The quantitative estimate of drug-likeness (QED) is 0.801. The molecule has 1 unspecified atom stereocenters. The Bertz CT molecular complexity index is 604. The molecule has 2 fully saturated rings. The van der Waals surface area contributed by atoms with Gasteiger partial charge in [-0.15, -0.1) is 0 Å². The number of nitrogens with zero attached hydrogens (tertiary/aromatic N) is 1. The van der Waals surface area contributed by atoms with Crippen molar-refractivity contribution in [2.24, 2.45) is 0 Å². The monoisotopic (exact) mass is 360 g/mol. The normalized spacial score (nSPS) is 20.1. The molecule has 0 bridgehead atoms. The molecule has 26 heavy (non-hydrogen) atoms. The zero-order valence-electron chi connectivity index (χ0n) is 15.4. The van der Waals surface area contributed by atoms with Crippen LogP contribution >= 0.6 is 0 Å². The second kappa shape index (κ2) is 8.64. The number of amides is 2. The van der Waals surface area contributed by atoms with E-state index in [2.05, 4.69) is 5.32 Å². The maximum absolute atomic E-state index is 13.0. The van der Waals surface area contributed by atoms with Crippen LogP contribution in [0.1, 0.15) is 31.2 Å². The average molecular weight is 360 g/mol. The molecule has 2 aliphatic rings. The van der Waals surface area contributed by atoms with E-state index in [1.165, 1.54) is 0 Å². The summed E-state index contributed by atoms with van der Waals surface area (Å²) in [6.45, 7) is 2.24. The van der Waals surface area contributed by atoms with Crippen molar-refractivity contribution in [3.8, 4) is 0 Å². The first-order valence-corrected chi connectivity index (χ1v) is 9.37. The van der Waals surface area contributed by atoms with Crippen molar-refractivity contribution in [1.29, 1.82) is 0 Å². The summed E-state index contributed by atoms with van der Waals surface area (Å²) < 4.78 is 10.9. The Morgan fingerprint density at radius 1 is 1.23 bits per heavy atom. The van der Waals surface area contributed by atoms with Crippen molar-refractivity contribution >= 4 is 11.8 Å². The van der Waals surface area contributed by atoms with Crippen LogP contribution in [0.25, 0.3) is 0 Å². The number of hydrogen-bond acceptors (Lipinski definition) is 4. The SMILES string of the molecule is COC1(CC(=O)NC(Cc2ccccc2)C(=O)N2CCOCC2)CCC1. The van der Waals surface area contributed by atoms with E-state index in [0.717, 1.165) is 24.8 Å². The molecule has 1 N–H and O–H groups in total. The third-order valence-electron chi connectivity index (χ3n) is 5.42. The molecule has 1 aliphatic heterocycles. The molecule has 1 atom stereocenters. The summed E-state index contributed by atoms with van der Waals surface area (Å²) in [6, 6.07) is 9.24. The first-order chi connectivity index (χ1) is 12.6. The Morgan fingerprint density at radius 2 is 1.92 bits per heavy atom. The largest absolute Gasteiger partial charge is 0.378 e. The Balaban J connectivity index is 1.67. The molecular formula is C20H28N2O4. The molecule has 1 saturated carbocycles. The summed E-state index contributed by atoms with van der Waals surface area (Å²) in [5, 5.41) is 2.97. The summed E-state index contributed by atoms with van der Waals surface area (Å²) in [5.41, 5.74) is 0.688. The second-order valence-corrected chi connectivity index (χ2v) is 7.16. The average Bonchev–Trinajstić information content (AvgIpc) is 2.65. The van der Waals surface area contributed by atoms with E-state index in [1.54, 1.807) is 12.0 Å². The van der Waals surface area contributed by atoms with Crippen LogP contribution in [0.2, 0.25) is 0 Å². The van der Waals surface area contributed by atoms with Crippen LogP contribution in [-0.2, 0) is 25.5 Å². The Morgan fingerprint density at radius 3 is 2.50 bits per heavy atom. The van der Waals surface area contributed by atoms with Crippen LogP contribution in [-0.4, -0.2) is 61.8 Å². The lowest BCUT2D eigenvalue weighted by atomic mass is 9.77. The van der Waals surface area contributed by atoms with Crippen LogP contribution < -0.4 is 5.32 Å².